The normalized spacial score (nSPS) is 15.3. The van der Waals surface area contributed by atoms with Gasteiger partial charge in [-0.2, -0.15) is 0 Å². The van der Waals surface area contributed by atoms with E-state index in [0.29, 0.717) is 23.1 Å². The molecule has 31 heavy (non-hydrogen) atoms. The van der Waals surface area contributed by atoms with E-state index in [1.54, 1.807) is 4.90 Å². The summed E-state index contributed by atoms with van der Waals surface area (Å²) < 4.78 is 0. The Morgan fingerprint density at radius 2 is 1.74 bits per heavy atom. The van der Waals surface area contributed by atoms with E-state index in [9.17, 15) is 9.59 Å². The number of hydrogen-bond donors (Lipinski definition) is 1. The molecule has 2 aromatic rings. The van der Waals surface area contributed by atoms with Gasteiger partial charge in [-0.25, -0.2) is 0 Å². The molecule has 0 aromatic heterocycles. The number of nitrogens with one attached hydrogen (secondary N) is 1. The maximum absolute atomic E-state index is 13.2. The summed E-state index contributed by atoms with van der Waals surface area (Å²) in [7, 11) is 0. The van der Waals surface area contributed by atoms with Crippen molar-refractivity contribution in [3.05, 3.63) is 70.7 Å². The van der Waals surface area contributed by atoms with Crippen molar-refractivity contribution in [1.29, 1.82) is 0 Å². The minimum absolute atomic E-state index is 0.0350. The third-order valence-electron chi connectivity index (χ3n) is 5.76. The molecule has 0 aliphatic heterocycles. The van der Waals surface area contributed by atoms with Gasteiger partial charge >= 0.3 is 0 Å². The van der Waals surface area contributed by atoms with Crippen LogP contribution in [-0.4, -0.2) is 34.6 Å². The number of halogens is 1. The molecule has 0 saturated heterocycles. The van der Waals surface area contributed by atoms with Gasteiger partial charge in [-0.3, -0.25) is 9.59 Å². The van der Waals surface area contributed by atoms with Gasteiger partial charge in [0.05, 0.1) is 5.75 Å². The van der Waals surface area contributed by atoms with E-state index >= 15 is 0 Å². The van der Waals surface area contributed by atoms with Crippen molar-refractivity contribution < 1.29 is 9.59 Å². The molecule has 3 rings (SSSR count). The van der Waals surface area contributed by atoms with Crippen molar-refractivity contribution in [2.45, 2.75) is 63.4 Å². The van der Waals surface area contributed by atoms with Crippen LogP contribution in [0.1, 0.15) is 50.2 Å². The first-order valence-corrected chi connectivity index (χ1v) is 12.5. The Morgan fingerprint density at radius 3 is 2.45 bits per heavy atom. The molecule has 1 aliphatic rings. The molecular formula is C25H31ClN2O2S. The summed E-state index contributed by atoms with van der Waals surface area (Å²) in [6.45, 7) is 2.25. The van der Waals surface area contributed by atoms with E-state index in [1.807, 2.05) is 61.5 Å². The Bertz CT molecular complexity index is 856. The van der Waals surface area contributed by atoms with Crippen LogP contribution in [0, 0.1) is 0 Å². The molecule has 1 aliphatic carbocycles. The van der Waals surface area contributed by atoms with Crippen molar-refractivity contribution in [3.63, 3.8) is 0 Å². The highest BCUT2D eigenvalue weighted by atomic mass is 35.5. The second-order valence-corrected chi connectivity index (χ2v) is 9.50. The van der Waals surface area contributed by atoms with Gasteiger partial charge in [0.15, 0.2) is 0 Å². The molecule has 0 bridgehead atoms. The van der Waals surface area contributed by atoms with Crippen LogP contribution < -0.4 is 5.32 Å². The number of benzene rings is 2. The highest BCUT2D eigenvalue weighted by Crippen LogP contribution is 2.22. The first-order chi connectivity index (χ1) is 15.0. The van der Waals surface area contributed by atoms with E-state index in [4.69, 9.17) is 11.6 Å². The average molecular weight is 459 g/mol. The van der Waals surface area contributed by atoms with Crippen LogP contribution in [-0.2, 0) is 21.9 Å². The van der Waals surface area contributed by atoms with Crippen molar-refractivity contribution in [1.82, 2.24) is 10.2 Å². The zero-order valence-corrected chi connectivity index (χ0v) is 19.6. The first-order valence-electron chi connectivity index (χ1n) is 11.0. The molecular weight excluding hydrogens is 428 g/mol. The lowest BCUT2D eigenvalue weighted by Gasteiger charge is -2.31. The average Bonchev–Trinajstić information content (AvgIpc) is 2.79. The van der Waals surface area contributed by atoms with Crippen molar-refractivity contribution >= 4 is 35.2 Å². The molecule has 1 N–H and O–H groups in total. The predicted octanol–water partition coefficient (Wildman–Crippen LogP) is 5.44. The lowest BCUT2D eigenvalue weighted by atomic mass is 9.95. The number of hydrogen-bond acceptors (Lipinski definition) is 3. The number of carbonyl (C=O) groups excluding carboxylic acids is 2. The topological polar surface area (TPSA) is 49.4 Å². The molecule has 166 valence electrons. The van der Waals surface area contributed by atoms with Crippen LogP contribution in [0.4, 0.5) is 0 Å². The van der Waals surface area contributed by atoms with Gasteiger partial charge in [0.2, 0.25) is 11.8 Å². The number of carbonyl (C=O) groups is 2. The fourth-order valence-electron chi connectivity index (χ4n) is 3.88. The summed E-state index contributed by atoms with van der Waals surface area (Å²) in [6.07, 6.45) is 5.61. The molecule has 1 fully saturated rings. The number of thioether (sulfide) groups is 1. The number of amides is 2. The molecule has 1 unspecified atom stereocenters. The van der Waals surface area contributed by atoms with Gasteiger partial charge in [-0.05, 0) is 37.0 Å². The van der Waals surface area contributed by atoms with E-state index in [-0.39, 0.29) is 17.9 Å². The van der Waals surface area contributed by atoms with Gasteiger partial charge in [0, 0.05) is 23.4 Å². The highest BCUT2D eigenvalue weighted by Gasteiger charge is 2.28. The molecule has 1 atom stereocenters. The Morgan fingerprint density at radius 1 is 1.06 bits per heavy atom. The van der Waals surface area contributed by atoms with Crippen molar-refractivity contribution in [2.75, 3.05) is 5.75 Å². The lowest BCUT2D eigenvalue weighted by Crippen LogP contribution is -2.50. The van der Waals surface area contributed by atoms with Gasteiger partial charge in [-0.1, -0.05) is 79.4 Å². The smallest absolute Gasteiger partial charge is 0.242 e. The molecule has 0 spiro atoms. The third kappa shape index (κ3) is 7.29. The number of rotatable bonds is 9. The largest absolute Gasteiger partial charge is 0.352 e. The molecule has 0 heterocycles. The van der Waals surface area contributed by atoms with Gasteiger partial charge in [-0.15, -0.1) is 11.8 Å². The number of nitrogens with zero attached hydrogens (tertiary/aromatic N) is 1. The summed E-state index contributed by atoms with van der Waals surface area (Å²) in [5.41, 5.74) is 2.03. The maximum atomic E-state index is 13.2. The summed E-state index contributed by atoms with van der Waals surface area (Å²) in [5, 5.41) is 3.88. The lowest BCUT2D eigenvalue weighted by molar-refractivity contribution is -0.139. The standard InChI is InChI=1S/C25H31ClN2O2S/c1-19(25(30)27-22-13-6-3-7-14-22)28(16-20-10-4-2-5-11-20)24(29)18-31-17-21-12-8-9-15-23(21)26/h2,4-5,8-12,15,19,22H,3,6-7,13-14,16-18H2,1H3,(H,27,30). The molecule has 2 aromatic carbocycles. The molecule has 0 radical (unpaired) electrons. The predicted molar refractivity (Wildman–Crippen MR) is 129 cm³/mol. The minimum Gasteiger partial charge on any atom is -0.352 e. The minimum atomic E-state index is -0.518. The van der Waals surface area contributed by atoms with Gasteiger partial charge in [0.25, 0.3) is 0 Å². The van der Waals surface area contributed by atoms with Crippen LogP contribution in [0.15, 0.2) is 54.6 Å². The highest BCUT2D eigenvalue weighted by molar-refractivity contribution is 7.99. The summed E-state index contributed by atoms with van der Waals surface area (Å²) >= 11 is 7.76. The Kier molecular flexibility index (Phi) is 9.29. The van der Waals surface area contributed by atoms with Crippen molar-refractivity contribution in [3.8, 4) is 0 Å². The fourth-order valence-corrected chi connectivity index (χ4v) is 5.07. The molecule has 1 saturated carbocycles. The van der Waals surface area contributed by atoms with Crippen LogP contribution in [0.5, 0.6) is 0 Å². The van der Waals surface area contributed by atoms with Gasteiger partial charge in [0.1, 0.15) is 6.04 Å². The summed E-state index contributed by atoms with van der Waals surface area (Å²) in [4.78, 5) is 27.8. The Labute approximate surface area is 194 Å². The molecule has 4 nitrogen and oxygen atoms in total. The quantitative estimate of drug-likeness (QED) is 0.544. The zero-order chi connectivity index (χ0) is 22.1. The van der Waals surface area contributed by atoms with Gasteiger partial charge < -0.3 is 10.2 Å². The summed E-state index contributed by atoms with van der Waals surface area (Å²) in [6, 6.07) is 17.2. The fraction of sp³-hybridized carbons (Fsp3) is 0.440. The first kappa shape index (κ1) is 23.7. The third-order valence-corrected chi connectivity index (χ3v) is 7.09. The van der Waals surface area contributed by atoms with Crippen LogP contribution in [0.25, 0.3) is 0 Å². The second kappa shape index (κ2) is 12.2. The van der Waals surface area contributed by atoms with E-state index < -0.39 is 6.04 Å². The second-order valence-electron chi connectivity index (χ2n) is 8.11. The monoisotopic (exact) mass is 458 g/mol. The van der Waals surface area contributed by atoms with Crippen LogP contribution in [0.3, 0.4) is 0 Å². The Balaban J connectivity index is 1.63. The molecule has 2 amide bonds. The van der Waals surface area contributed by atoms with Crippen molar-refractivity contribution in [2.24, 2.45) is 0 Å². The van der Waals surface area contributed by atoms with Crippen LogP contribution in [0.2, 0.25) is 5.02 Å². The SMILES string of the molecule is CC(C(=O)NC1CCCCC1)N(Cc1ccccc1)C(=O)CSCc1ccccc1Cl. The maximum Gasteiger partial charge on any atom is 0.242 e. The summed E-state index contributed by atoms with van der Waals surface area (Å²) in [5.74, 6) is 0.867. The molecule has 6 heteroatoms. The van der Waals surface area contributed by atoms with E-state index in [1.165, 1.54) is 18.2 Å². The van der Waals surface area contributed by atoms with E-state index in [2.05, 4.69) is 5.32 Å². The van der Waals surface area contributed by atoms with Crippen LogP contribution >= 0.6 is 23.4 Å². The van der Waals surface area contributed by atoms with E-state index in [0.717, 1.165) is 36.8 Å². The zero-order valence-electron chi connectivity index (χ0n) is 18.1. The Hall–Kier alpha value is -1.98.